The van der Waals surface area contributed by atoms with E-state index in [4.69, 9.17) is 9.41 Å². The minimum atomic E-state index is 0.480. The SMILES string of the molecule is CCCN1CCC(NC(=NCc2coc(-c3ccccc3)n2)NCC)CC1. The highest BCUT2D eigenvalue weighted by Gasteiger charge is 2.19. The van der Waals surface area contributed by atoms with Gasteiger partial charge in [0.1, 0.15) is 12.0 Å². The summed E-state index contributed by atoms with van der Waals surface area (Å²) in [6.45, 7) is 9.20. The molecule has 1 aliphatic rings. The monoisotopic (exact) mass is 369 g/mol. The topological polar surface area (TPSA) is 65.7 Å². The third-order valence-corrected chi connectivity index (χ3v) is 4.78. The molecule has 27 heavy (non-hydrogen) atoms. The standard InChI is InChI=1S/C21H31N5O/c1-3-12-26-13-10-18(11-14-26)25-21(22-4-2)23-15-19-16-27-20(24-19)17-8-6-5-7-9-17/h5-9,16,18H,3-4,10-15H2,1-2H3,(H2,22,23,25). The van der Waals surface area contributed by atoms with E-state index in [9.17, 15) is 0 Å². The Morgan fingerprint density at radius 3 is 2.70 bits per heavy atom. The van der Waals surface area contributed by atoms with E-state index in [1.807, 2.05) is 30.3 Å². The van der Waals surface area contributed by atoms with Crippen LogP contribution in [-0.2, 0) is 6.54 Å². The molecule has 0 bridgehead atoms. The van der Waals surface area contributed by atoms with E-state index < -0.39 is 0 Å². The van der Waals surface area contributed by atoms with Crippen molar-refractivity contribution in [2.75, 3.05) is 26.2 Å². The molecule has 3 rings (SSSR count). The Labute approximate surface area is 162 Å². The molecule has 6 nitrogen and oxygen atoms in total. The van der Waals surface area contributed by atoms with Gasteiger partial charge in [0.05, 0.1) is 6.54 Å². The van der Waals surface area contributed by atoms with Gasteiger partial charge in [0.15, 0.2) is 5.96 Å². The summed E-state index contributed by atoms with van der Waals surface area (Å²) in [6.07, 6.45) is 5.24. The zero-order chi connectivity index (χ0) is 18.9. The molecule has 0 aliphatic carbocycles. The molecule has 1 aromatic heterocycles. The van der Waals surface area contributed by atoms with Crippen LogP contribution in [-0.4, -0.2) is 48.1 Å². The number of benzene rings is 1. The maximum atomic E-state index is 5.60. The van der Waals surface area contributed by atoms with Gasteiger partial charge in [-0.05, 0) is 44.9 Å². The average molecular weight is 370 g/mol. The van der Waals surface area contributed by atoms with E-state index in [-0.39, 0.29) is 0 Å². The van der Waals surface area contributed by atoms with E-state index in [2.05, 4.69) is 34.4 Å². The molecule has 0 amide bonds. The van der Waals surface area contributed by atoms with Crippen LogP contribution in [0.2, 0.25) is 0 Å². The first kappa shape index (κ1) is 19.4. The molecule has 0 spiro atoms. The van der Waals surface area contributed by atoms with Crippen LogP contribution < -0.4 is 10.6 Å². The van der Waals surface area contributed by atoms with Gasteiger partial charge in [0, 0.05) is 31.2 Å². The molecular formula is C21H31N5O. The second-order valence-electron chi connectivity index (χ2n) is 6.97. The van der Waals surface area contributed by atoms with Gasteiger partial charge in [-0.25, -0.2) is 9.98 Å². The number of hydrogen-bond acceptors (Lipinski definition) is 4. The van der Waals surface area contributed by atoms with Gasteiger partial charge in [-0.1, -0.05) is 25.1 Å². The van der Waals surface area contributed by atoms with Crippen molar-refractivity contribution in [1.82, 2.24) is 20.5 Å². The molecule has 1 fully saturated rings. The van der Waals surface area contributed by atoms with Crippen molar-refractivity contribution < 1.29 is 4.42 Å². The lowest BCUT2D eigenvalue weighted by molar-refractivity contribution is 0.206. The van der Waals surface area contributed by atoms with Crippen LogP contribution in [0.1, 0.15) is 38.8 Å². The average Bonchev–Trinajstić information content (AvgIpc) is 3.18. The Hall–Kier alpha value is -2.34. The third kappa shape index (κ3) is 5.82. The summed E-state index contributed by atoms with van der Waals surface area (Å²) in [7, 11) is 0. The van der Waals surface area contributed by atoms with Crippen LogP contribution in [0.15, 0.2) is 46.0 Å². The van der Waals surface area contributed by atoms with Crippen molar-refractivity contribution in [2.45, 2.75) is 45.7 Å². The first-order valence-corrected chi connectivity index (χ1v) is 10.1. The van der Waals surface area contributed by atoms with Crippen LogP contribution in [0.3, 0.4) is 0 Å². The van der Waals surface area contributed by atoms with E-state index in [0.29, 0.717) is 18.5 Å². The first-order valence-electron chi connectivity index (χ1n) is 10.1. The fraction of sp³-hybridized carbons (Fsp3) is 0.524. The molecule has 2 N–H and O–H groups in total. The lowest BCUT2D eigenvalue weighted by Gasteiger charge is -2.32. The van der Waals surface area contributed by atoms with Gasteiger partial charge in [-0.15, -0.1) is 0 Å². The number of aliphatic imine (C=N–C) groups is 1. The van der Waals surface area contributed by atoms with Crippen molar-refractivity contribution in [2.24, 2.45) is 4.99 Å². The fourth-order valence-corrected chi connectivity index (χ4v) is 3.38. The number of oxazole rings is 1. The summed E-state index contributed by atoms with van der Waals surface area (Å²) in [5.41, 5.74) is 1.82. The fourth-order valence-electron chi connectivity index (χ4n) is 3.38. The number of aromatic nitrogens is 1. The van der Waals surface area contributed by atoms with Crippen LogP contribution in [0.4, 0.5) is 0 Å². The summed E-state index contributed by atoms with van der Waals surface area (Å²) >= 11 is 0. The molecule has 1 saturated heterocycles. The molecule has 0 radical (unpaired) electrons. The molecule has 0 atom stereocenters. The largest absolute Gasteiger partial charge is 0.444 e. The minimum Gasteiger partial charge on any atom is -0.444 e. The Kier molecular flexibility index (Phi) is 7.27. The molecule has 0 unspecified atom stereocenters. The third-order valence-electron chi connectivity index (χ3n) is 4.78. The second-order valence-corrected chi connectivity index (χ2v) is 6.97. The molecular weight excluding hydrogens is 338 g/mol. The van der Waals surface area contributed by atoms with Crippen LogP contribution in [0, 0.1) is 0 Å². The van der Waals surface area contributed by atoms with Gasteiger partial charge in [0.2, 0.25) is 5.89 Å². The number of likely N-dealkylation sites (tertiary alicyclic amines) is 1. The van der Waals surface area contributed by atoms with Gasteiger partial charge in [-0.2, -0.15) is 0 Å². The van der Waals surface area contributed by atoms with Crippen molar-refractivity contribution >= 4 is 5.96 Å². The first-order chi connectivity index (χ1) is 13.3. The van der Waals surface area contributed by atoms with Crippen molar-refractivity contribution in [3.05, 3.63) is 42.3 Å². The van der Waals surface area contributed by atoms with Crippen molar-refractivity contribution in [3.8, 4) is 11.5 Å². The van der Waals surface area contributed by atoms with Crippen molar-refractivity contribution in [3.63, 3.8) is 0 Å². The predicted molar refractivity (Wildman–Crippen MR) is 110 cm³/mol. The van der Waals surface area contributed by atoms with Gasteiger partial charge >= 0.3 is 0 Å². The Balaban J connectivity index is 1.56. The molecule has 1 aliphatic heterocycles. The van der Waals surface area contributed by atoms with E-state index in [1.165, 1.54) is 13.0 Å². The Morgan fingerprint density at radius 1 is 1.22 bits per heavy atom. The summed E-state index contributed by atoms with van der Waals surface area (Å²) in [5.74, 6) is 1.50. The van der Waals surface area contributed by atoms with Crippen LogP contribution in [0.5, 0.6) is 0 Å². The van der Waals surface area contributed by atoms with E-state index >= 15 is 0 Å². The summed E-state index contributed by atoms with van der Waals surface area (Å²) in [5, 5.41) is 6.92. The van der Waals surface area contributed by atoms with Crippen molar-refractivity contribution in [1.29, 1.82) is 0 Å². The zero-order valence-corrected chi connectivity index (χ0v) is 16.4. The number of nitrogens with one attached hydrogen (secondary N) is 2. The quantitative estimate of drug-likeness (QED) is 0.579. The maximum absolute atomic E-state index is 5.60. The van der Waals surface area contributed by atoms with Gasteiger partial charge in [0.25, 0.3) is 0 Å². The number of hydrogen-bond donors (Lipinski definition) is 2. The molecule has 2 aromatic rings. The van der Waals surface area contributed by atoms with Crippen LogP contribution >= 0.6 is 0 Å². The Morgan fingerprint density at radius 2 is 2.00 bits per heavy atom. The number of piperidine rings is 1. The zero-order valence-electron chi connectivity index (χ0n) is 16.4. The summed E-state index contributed by atoms with van der Waals surface area (Å²) in [4.78, 5) is 11.8. The molecule has 2 heterocycles. The number of guanidine groups is 1. The maximum Gasteiger partial charge on any atom is 0.226 e. The molecule has 146 valence electrons. The summed E-state index contributed by atoms with van der Waals surface area (Å²) < 4.78 is 5.60. The normalized spacial score (nSPS) is 16.4. The predicted octanol–water partition coefficient (Wildman–Crippen LogP) is 3.27. The molecule has 6 heteroatoms. The highest BCUT2D eigenvalue weighted by Crippen LogP contribution is 2.18. The van der Waals surface area contributed by atoms with E-state index in [1.54, 1.807) is 6.26 Å². The molecule has 1 aromatic carbocycles. The minimum absolute atomic E-state index is 0.480. The van der Waals surface area contributed by atoms with E-state index in [0.717, 1.165) is 49.7 Å². The lowest BCUT2D eigenvalue weighted by Crippen LogP contribution is -2.48. The summed E-state index contributed by atoms with van der Waals surface area (Å²) in [6, 6.07) is 10.4. The molecule has 0 saturated carbocycles. The number of rotatable bonds is 7. The smallest absolute Gasteiger partial charge is 0.226 e. The van der Waals surface area contributed by atoms with Gasteiger partial charge in [-0.3, -0.25) is 0 Å². The highest BCUT2D eigenvalue weighted by molar-refractivity contribution is 5.80. The van der Waals surface area contributed by atoms with Gasteiger partial charge < -0.3 is 20.0 Å². The Bertz CT molecular complexity index is 704. The highest BCUT2D eigenvalue weighted by atomic mass is 16.3. The lowest BCUT2D eigenvalue weighted by atomic mass is 10.1. The van der Waals surface area contributed by atoms with Crippen LogP contribution in [0.25, 0.3) is 11.5 Å². The number of nitrogens with zero attached hydrogens (tertiary/aromatic N) is 3. The second kappa shape index (κ2) is 10.1.